The molecule has 0 bridgehead atoms. The number of hydrazone groups is 1. The van der Waals surface area contributed by atoms with Crippen molar-refractivity contribution >= 4 is 6.21 Å². The highest BCUT2D eigenvalue weighted by Crippen LogP contribution is 2.41. The lowest BCUT2D eigenvalue weighted by Crippen LogP contribution is -2.21. The minimum absolute atomic E-state index is 0.00979. The van der Waals surface area contributed by atoms with Gasteiger partial charge >= 0.3 is 12.4 Å². The van der Waals surface area contributed by atoms with E-state index in [9.17, 15) is 35.1 Å². The van der Waals surface area contributed by atoms with E-state index in [2.05, 4.69) is 15.1 Å². The maximum absolute atomic E-state index is 14.1. The number of H-pyrrole nitrogens is 1. The zero-order valence-corrected chi connectivity index (χ0v) is 19.5. The first-order chi connectivity index (χ1) is 18.4. The molecule has 4 aromatic rings. The average Bonchev–Trinajstić information content (AvgIpc) is 3.29. The van der Waals surface area contributed by atoms with Gasteiger partial charge in [0.25, 0.3) is 0 Å². The molecule has 0 amide bonds. The molecule has 3 aromatic carbocycles. The normalized spacial score (nSPS) is 13.5. The first-order valence-corrected chi connectivity index (χ1v) is 11.3. The minimum atomic E-state index is -5.06. The molecule has 5 rings (SSSR count). The SMILES string of the molecule is Fc1cccc(-c2nc3c([nH]2)CN(Cc2ccc(Oc4ccc(C(F)(F)F)cc4C(F)(F)F)cc2)N=C3)c1F. The third kappa shape index (κ3) is 5.56. The molecule has 0 saturated carbocycles. The summed E-state index contributed by atoms with van der Waals surface area (Å²) in [4.78, 5) is 7.23. The standard InChI is InChI=1S/C26H16F8N4O/c27-19-3-1-2-17(23(19)28)24-36-20-11-35-38(13-21(20)37-24)12-14-4-7-16(8-5-14)39-22-9-6-15(25(29,30)31)10-18(22)26(32,33)34/h1-11H,12-13H2,(H,36,37). The number of nitrogens with zero attached hydrogens (tertiary/aromatic N) is 3. The van der Waals surface area contributed by atoms with Crippen LogP contribution in [0.1, 0.15) is 28.1 Å². The highest BCUT2D eigenvalue weighted by atomic mass is 19.4. The number of ether oxygens (including phenoxy) is 1. The summed E-state index contributed by atoms with van der Waals surface area (Å²) < 4.78 is 112. The first-order valence-electron chi connectivity index (χ1n) is 11.3. The lowest BCUT2D eigenvalue weighted by Gasteiger charge is -2.21. The Morgan fingerprint density at radius 2 is 1.64 bits per heavy atom. The second-order valence-electron chi connectivity index (χ2n) is 8.57. The number of hydrogen-bond donors (Lipinski definition) is 1. The van der Waals surface area contributed by atoms with E-state index in [0.29, 0.717) is 29.1 Å². The van der Waals surface area contributed by atoms with Gasteiger partial charge in [-0.05, 0) is 48.0 Å². The number of rotatable bonds is 5. The van der Waals surface area contributed by atoms with E-state index < -0.39 is 40.9 Å². The summed E-state index contributed by atoms with van der Waals surface area (Å²) in [7, 11) is 0. The maximum atomic E-state index is 14.1. The van der Waals surface area contributed by atoms with Gasteiger partial charge in [0.1, 0.15) is 23.0 Å². The Bertz CT molecular complexity index is 1540. The van der Waals surface area contributed by atoms with Crippen LogP contribution < -0.4 is 4.74 Å². The van der Waals surface area contributed by atoms with Gasteiger partial charge in [0.2, 0.25) is 0 Å². The Morgan fingerprint density at radius 3 is 2.33 bits per heavy atom. The third-order valence-electron chi connectivity index (χ3n) is 5.83. The first kappa shape index (κ1) is 26.2. The molecule has 0 atom stereocenters. The van der Waals surface area contributed by atoms with E-state index in [4.69, 9.17) is 4.74 Å². The molecular formula is C26H16F8N4O. The highest BCUT2D eigenvalue weighted by Gasteiger charge is 2.39. The minimum Gasteiger partial charge on any atom is -0.457 e. The van der Waals surface area contributed by atoms with Crippen molar-refractivity contribution in [2.75, 3.05) is 0 Å². The molecule has 0 aliphatic carbocycles. The molecular weight excluding hydrogens is 536 g/mol. The van der Waals surface area contributed by atoms with Crippen LogP contribution in [-0.4, -0.2) is 21.2 Å². The Morgan fingerprint density at radius 1 is 0.897 bits per heavy atom. The summed E-state index contributed by atoms with van der Waals surface area (Å²) in [5, 5.41) is 5.92. The van der Waals surface area contributed by atoms with Crippen LogP contribution >= 0.6 is 0 Å². The predicted octanol–water partition coefficient (Wildman–Crippen LogP) is 7.53. The van der Waals surface area contributed by atoms with Crippen LogP contribution in [0, 0.1) is 11.6 Å². The van der Waals surface area contributed by atoms with Crippen molar-refractivity contribution < 1.29 is 39.9 Å². The topological polar surface area (TPSA) is 53.5 Å². The van der Waals surface area contributed by atoms with Crippen LogP contribution in [0.15, 0.2) is 65.8 Å². The van der Waals surface area contributed by atoms with Crippen molar-refractivity contribution in [1.29, 1.82) is 0 Å². The number of fused-ring (bicyclic) bond motifs is 1. The number of hydrogen-bond acceptors (Lipinski definition) is 4. The Labute approximate surface area is 215 Å². The lowest BCUT2D eigenvalue weighted by molar-refractivity contribution is -0.143. The molecule has 1 aliphatic rings. The fraction of sp³-hybridized carbons (Fsp3) is 0.154. The summed E-state index contributed by atoms with van der Waals surface area (Å²) in [6, 6.07) is 10.8. The van der Waals surface area contributed by atoms with E-state index >= 15 is 0 Å². The number of aromatic nitrogens is 2. The summed E-state index contributed by atoms with van der Waals surface area (Å²) in [5.74, 6) is -2.66. The van der Waals surface area contributed by atoms with Gasteiger partial charge in [-0.25, -0.2) is 13.8 Å². The van der Waals surface area contributed by atoms with Crippen molar-refractivity contribution in [3.8, 4) is 22.9 Å². The molecule has 1 N–H and O–H groups in total. The number of benzene rings is 3. The summed E-state index contributed by atoms with van der Waals surface area (Å²) in [6.45, 7) is 0.529. The smallest absolute Gasteiger partial charge is 0.420 e. The Hall–Kier alpha value is -4.42. The summed E-state index contributed by atoms with van der Waals surface area (Å²) >= 11 is 0. The molecule has 0 saturated heterocycles. The number of halogens is 8. The van der Waals surface area contributed by atoms with E-state index in [1.807, 2.05) is 0 Å². The molecule has 39 heavy (non-hydrogen) atoms. The van der Waals surface area contributed by atoms with Crippen LogP contribution in [0.25, 0.3) is 11.4 Å². The fourth-order valence-electron chi connectivity index (χ4n) is 3.94. The van der Waals surface area contributed by atoms with Crippen molar-refractivity contribution in [2.45, 2.75) is 25.4 Å². The lowest BCUT2D eigenvalue weighted by atomic mass is 10.1. The van der Waals surface area contributed by atoms with E-state index in [1.165, 1.54) is 30.5 Å². The van der Waals surface area contributed by atoms with Crippen LogP contribution in [0.4, 0.5) is 35.1 Å². The van der Waals surface area contributed by atoms with Gasteiger partial charge in [-0.15, -0.1) is 0 Å². The summed E-state index contributed by atoms with van der Waals surface area (Å²) in [6.07, 6.45) is -8.54. The largest absolute Gasteiger partial charge is 0.457 e. The van der Waals surface area contributed by atoms with Gasteiger partial charge in [-0.3, -0.25) is 5.01 Å². The molecule has 1 aromatic heterocycles. The van der Waals surface area contributed by atoms with Gasteiger partial charge in [0.05, 0.1) is 41.7 Å². The van der Waals surface area contributed by atoms with Gasteiger partial charge in [-0.2, -0.15) is 31.4 Å². The van der Waals surface area contributed by atoms with Crippen molar-refractivity contribution in [3.05, 3.63) is 100 Å². The molecule has 202 valence electrons. The molecule has 0 fully saturated rings. The average molecular weight is 552 g/mol. The second kappa shape index (κ2) is 9.71. The van der Waals surface area contributed by atoms with Crippen LogP contribution in [0.5, 0.6) is 11.5 Å². The number of nitrogens with one attached hydrogen (secondary N) is 1. The second-order valence-corrected chi connectivity index (χ2v) is 8.57. The zero-order valence-electron chi connectivity index (χ0n) is 19.5. The monoisotopic (exact) mass is 552 g/mol. The predicted molar refractivity (Wildman–Crippen MR) is 124 cm³/mol. The number of aromatic amines is 1. The Balaban J connectivity index is 1.28. The van der Waals surface area contributed by atoms with E-state index in [1.54, 1.807) is 17.1 Å². The van der Waals surface area contributed by atoms with Gasteiger partial charge in [-0.1, -0.05) is 18.2 Å². The van der Waals surface area contributed by atoms with E-state index in [0.717, 1.165) is 6.07 Å². The maximum Gasteiger partial charge on any atom is 0.420 e. The van der Waals surface area contributed by atoms with Crippen LogP contribution in [-0.2, 0) is 25.4 Å². The molecule has 13 heteroatoms. The quantitative estimate of drug-likeness (QED) is 0.261. The van der Waals surface area contributed by atoms with Gasteiger partial charge in [0.15, 0.2) is 11.6 Å². The molecule has 0 radical (unpaired) electrons. The number of imidazole rings is 1. The van der Waals surface area contributed by atoms with Gasteiger partial charge in [0, 0.05) is 0 Å². The summed E-state index contributed by atoms with van der Waals surface area (Å²) in [5.41, 5.74) is -1.23. The molecule has 0 spiro atoms. The van der Waals surface area contributed by atoms with E-state index in [-0.39, 0.29) is 36.3 Å². The molecule has 0 unspecified atom stereocenters. The van der Waals surface area contributed by atoms with Crippen molar-refractivity contribution in [1.82, 2.24) is 15.0 Å². The molecule has 1 aliphatic heterocycles. The van der Waals surface area contributed by atoms with Crippen LogP contribution in [0.3, 0.4) is 0 Å². The highest BCUT2D eigenvalue weighted by molar-refractivity contribution is 5.80. The zero-order chi connectivity index (χ0) is 27.9. The molecule has 2 heterocycles. The molecule has 5 nitrogen and oxygen atoms in total. The van der Waals surface area contributed by atoms with Crippen LogP contribution in [0.2, 0.25) is 0 Å². The van der Waals surface area contributed by atoms with Crippen molar-refractivity contribution in [3.63, 3.8) is 0 Å². The Kier molecular flexibility index (Phi) is 6.52. The van der Waals surface area contributed by atoms with Crippen molar-refractivity contribution in [2.24, 2.45) is 5.10 Å². The third-order valence-corrected chi connectivity index (χ3v) is 5.83. The number of alkyl halides is 6. The van der Waals surface area contributed by atoms with Gasteiger partial charge < -0.3 is 9.72 Å². The fourth-order valence-corrected chi connectivity index (χ4v) is 3.94.